The standard InChI is InChI=1S/C19H19N3O4S/c1-3-26-16-7-9-17(10-8-16)27(23,24)22-15-6-4-5-14(13-15)18-11-12-19(25-2)21-20-18/h4-13,22H,3H2,1-2H3. The number of ether oxygens (including phenoxy) is 2. The van der Waals surface area contributed by atoms with Gasteiger partial charge >= 0.3 is 0 Å². The quantitative estimate of drug-likeness (QED) is 0.671. The molecule has 0 fully saturated rings. The van der Waals surface area contributed by atoms with Crippen molar-refractivity contribution in [3.63, 3.8) is 0 Å². The predicted octanol–water partition coefficient (Wildman–Crippen LogP) is 3.35. The summed E-state index contributed by atoms with van der Waals surface area (Å²) < 4.78 is 38.1. The van der Waals surface area contributed by atoms with Gasteiger partial charge in [0.1, 0.15) is 5.75 Å². The Balaban J connectivity index is 1.82. The molecule has 0 radical (unpaired) electrons. The van der Waals surface area contributed by atoms with Crippen molar-refractivity contribution in [1.82, 2.24) is 10.2 Å². The second-order valence-electron chi connectivity index (χ2n) is 5.55. The van der Waals surface area contributed by atoms with Gasteiger partial charge in [-0.1, -0.05) is 12.1 Å². The molecule has 1 N–H and O–H groups in total. The lowest BCUT2D eigenvalue weighted by Crippen LogP contribution is -2.12. The van der Waals surface area contributed by atoms with Crippen LogP contribution in [0.15, 0.2) is 65.6 Å². The first-order valence-electron chi connectivity index (χ1n) is 8.25. The molecule has 7 nitrogen and oxygen atoms in total. The van der Waals surface area contributed by atoms with E-state index in [2.05, 4.69) is 14.9 Å². The third-order valence-corrected chi connectivity index (χ3v) is 5.10. The maximum absolute atomic E-state index is 12.6. The molecule has 2 aromatic carbocycles. The lowest BCUT2D eigenvalue weighted by Gasteiger charge is -2.10. The lowest BCUT2D eigenvalue weighted by molar-refractivity contribution is 0.340. The first kappa shape index (κ1) is 18.7. The molecular formula is C19H19N3O4S. The molecule has 0 aliphatic rings. The average molecular weight is 385 g/mol. The first-order valence-corrected chi connectivity index (χ1v) is 9.74. The topological polar surface area (TPSA) is 90.4 Å². The Bertz CT molecular complexity index is 1000. The molecule has 8 heteroatoms. The van der Waals surface area contributed by atoms with E-state index in [1.807, 2.05) is 13.0 Å². The van der Waals surface area contributed by atoms with Crippen LogP contribution >= 0.6 is 0 Å². The van der Waals surface area contributed by atoms with Crippen LogP contribution in [0.3, 0.4) is 0 Å². The maximum atomic E-state index is 12.6. The normalized spacial score (nSPS) is 11.0. The van der Waals surface area contributed by atoms with Gasteiger partial charge in [0.2, 0.25) is 5.88 Å². The summed E-state index contributed by atoms with van der Waals surface area (Å²) in [7, 11) is -2.20. The van der Waals surface area contributed by atoms with E-state index in [1.165, 1.54) is 19.2 Å². The van der Waals surface area contributed by atoms with Crippen LogP contribution in [-0.4, -0.2) is 32.3 Å². The van der Waals surface area contributed by atoms with E-state index in [1.54, 1.807) is 42.5 Å². The summed E-state index contributed by atoms with van der Waals surface area (Å²) >= 11 is 0. The number of benzene rings is 2. The minimum atomic E-state index is -3.72. The van der Waals surface area contributed by atoms with Crippen molar-refractivity contribution in [3.8, 4) is 22.9 Å². The number of nitrogens with zero attached hydrogens (tertiary/aromatic N) is 2. The molecule has 0 bridgehead atoms. The van der Waals surface area contributed by atoms with Crippen LogP contribution in [0.2, 0.25) is 0 Å². The van der Waals surface area contributed by atoms with Crippen molar-refractivity contribution < 1.29 is 17.9 Å². The molecule has 0 unspecified atom stereocenters. The highest BCUT2D eigenvalue weighted by Gasteiger charge is 2.15. The van der Waals surface area contributed by atoms with Crippen LogP contribution in [0.4, 0.5) is 5.69 Å². The molecule has 27 heavy (non-hydrogen) atoms. The van der Waals surface area contributed by atoms with Crippen LogP contribution in [0.5, 0.6) is 11.6 Å². The van der Waals surface area contributed by atoms with Gasteiger partial charge in [-0.2, -0.15) is 0 Å². The van der Waals surface area contributed by atoms with Gasteiger partial charge in [-0.05, 0) is 49.4 Å². The zero-order chi connectivity index (χ0) is 19.3. The monoisotopic (exact) mass is 385 g/mol. The SMILES string of the molecule is CCOc1ccc(S(=O)(=O)Nc2cccc(-c3ccc(OC)nn3)c2)cc1. The fourth-order valence-corrected chi connectivity index (χ4v) is 3.47. The third-order valence-electron chi connectivity index (χ3n) is 3.70. The Morgan fingerprint density at radius 1 is 1.00 bits per heavy atom. The number of aromatic nitrogens is 2. The van der Waals surface area contributed by atoms with Gasteiger partial charge in [-0.25, -0.2) is 8.42 Å². The van der Waals surface area contributed by atoms with Crippen LogP contribution in [0.25, 0.3) is 11.3 Å². The van der Waals surface area contributed by atoms with Crippen molar-refractivity contribution in [2.24, 2.45) is 0 Å². The smallest absolute Gasteiger partial charge is 0.261 e. The van der Waals surface area contributed by atoms with Crippen molar-refractivity contribution in [2.75, 3.05) is 18.4 Å². The summed E-state index contributed by atoms with van der Waals surface area (Å²) in [5.74, 6) is 1.03. The molecule has 0 aliphatic heterocycles. The number of nitrogens with one attached hydrogen (secondary N) is 1. The molecular weight excluding hydrogens is 366 g/mol. The van der Waals surface area contributed by atoms with E-state index >= 15 is 0 Å². The van der Waals surface area contributed by atoms with E-state index < -0.39 is 10.0 Å². The lowest BCUT2D eigenvalue weighted by atomic mass is 10.1. The third kappa shape index (κ3) is 4.53. The molecule has 0 saturated heterocycles. The number of sulfonamides is 1. The first-order chi connectivity index (χ1) is 13.0. The van der Waals surface area contributed by atoms with Crippen LogP contribution in [0, 0.1) is 0 Å². The van der Waals surface area contributed by atoms with Crippen molar-refractivity contribution >= 4 is 15.7 Å². The zero-order valence-electron chi connectivity index (χ0n) is 14.9. The van der Waals surface area contributed by atoms with Gasteiger partial charge in [0.15, 0.2) is 0 Å². The fourth-order valence-electron chi connectivity index (χ4n) is 2.42. The highest BCUT2D eigenvalue weighted by molar-refractivity contribution is 7.92. The molecule has 3 rings (SSSR count). The molecule has 1 aromatic heterocycles. The second-order valence-corrected chi connectivity index (χ2v) is 7.23. The van der Waals surface area contributed by atoms with E-state index in [0.717, 1.165) is 5.56 Å². The average Bonchev–Trinajstić information content (AvgIpc) is 2.69. The fraction of sp³-hybridized carbons (Fsp3) is 0.158. The van der Waals surface area contributed by atoms with E-state index in [-0.39, 0.29) is 4.90 Å². The summed E-state index contributed by atoms with van der Waals surface area (Å²) in [5.41, 5.74) is 1.77. The van der Waals surface area contributed by atoms with Gasteiger partial charge in [0, 0.05) is 17.3 Å². The Morgan fingerprint density at radius 3 is 2.41 bits per heavy atom. The molecule has 140 valence electrons. The highest BCUT2D eigenvalue weighted by atomic mass is 32.2. The van der Waals surface area contributed by atoms with Gasteiger partial charge in [-0.3, -0.25) is 4.72 Å². The summed E-state index contributed by atoms with van der Waals surface area (Å²) in [5, 5.41) is 8.00. The highest BCUT2D eigenvalue weighted by Crippen LogP contribution is 2.24. The summed E-state index contributed by atoms with van der Waals surface area (Å²) in [4.78, 5) is 0.153. The second kappa shape index (κ2) is 8.05. The minimum Gasteiger partial charge on any atom is -0.494 e. The molecule has 0 amide bonds. The molecule has 0 atom stereocenters. The van der Waals surface area contributed by atoms with Crippen LogP contribution in [0.1, 0.15) is 6.92 Å². The zero-order valence-corrected chi connectivity index (χ0v) is 15.7. The molecule has 0 aliphatic carbocycles. The maximum Gasteiger partial charge on any atom is 0.261 e. The van der Waals surface area contributed by atoms with E-state index in [4.69, 9.17) is 9.47 Å². The Labute approximate surface area is 158 Å². The number of rotatable bonds is 7. The predicted molar refractivity (Wildman–Crippen MR) is 102 cm³/mol. The van der Waals surface area contributed by atoms with E-state index in [9.17, 15) is 8.42 Å². The van der Waals surface area contributed by atoms with Crippen LogP contribution in [-0.2, 0) is 10.0 Å². The Kier molecular flexibility index (Phi) is 5.56. The molecule has 3 aromatic rings. The Hall–Kier alpha value is -3.13. The molecule has 0 spiro atoms. The van der Waals surface area contributed by atoms with Gasteiger partial charge in [0.05, 0.1) is 24.3 Å². The van der Waals surface area contributed by atoms with Gasteiger partial charge in [-0.15, -0.1) is 10.2 Å². The number of anilines is 1. The van der Waals surface area contributed by atoms with Crippen molar-refractivity contribution in [1.29, 1.82) is 0 Å². The minimum absolute atomic E-state index is 0.153. The Morgan fingerprint density at radius 2 is 1.78 bits per heavy atom. The summed E-state index contributed by atoms with van der Waals surface area (Å²) in [6.07, 6.45) is 0. The van der Waals surface area contributed by atoms with Crippen molar-refractivity contribution in [2.45, 2.75) is 11.8 Å². The summed E-state index contributed by atoms with van der Waals surface area (Å²) in [6.45, 7) is 2.39. The summed E-state index contributed by atoms with van der Waals surface area (Å²) in [6, 6.07) is 16.7. The number of methoxy groups -OCH3 is 1. The number of hydrogen-bond donors (Lipinski definition) is 1. The van der Waals surface area contributed by atoms with Crippen LogP contribution < -0.4 is 14.2 Å². The van der Waals surface area contributed by atoms with E-state index in [0.29, 0.717) is 29.6 Å². The molecule has 0 saturated carbocycles. The van der Waals surface area contributed by atoms with Crippen molar-refractivity contribution in [3.05, 3.63) is 60.7 Å². The van der Waals surface area contributed by atoms with Gasteiger partial charge in [0.25, 0.3) is 10.0 Å². The molecule has 1 heterocycles. The largest absolute Gasteiger partial charge is 0.494 e. The van der Waals surface area contributed by atoms with Gasteiger partial charge < -0.3 is 9.47 Å². The number of hydrogen-bond acceptors (Lipinski definition) is 6.